The van der Waals surface area contributed by atoms with Crippen molar-refractivity contribution in [2.75, 3.05) is 18.4 Å². The van der Waals surface area contributed by atoms with Gasteiger partial charge in [-0.25, -0.2) is 4.39 Å². The maximum atomic E-state index is 13.0. The number of amides is 1. The SMILES string of the molecule is O=C(c1cc(C2CC2)on1)N1CCC[C@@H](Nc2ccc(F)cc2)C1. The Bertz CT molecular complexity index is 724. The van der Waals surface area contributed by atoms with Crippen LogP contribution in [0.15, 0.2) is 34.9 Å². The zero-order chi connectivity index (χ0) is 16.5. The van der Waals surface area contributed by atoms with E-state index in [0.29, 0.717) is 18.2 Å². The number of hydrogen-bond donors (Lipinski definition) is 1. The molecule has 1 saturated heterocycles. The topological polar surface area (TPSA) is 58.4 Å². The number of nitrogens with one attached hydrogen (secondary N) is 1. The normalized spacial score (nSPS) is 20.9. The highest BCUT2D eigenvalue weighted by Gasteiger charge is 2.31. The van der Waals surface area contributed by atoms with E-state index in [0.717, 1.165) is 43.7 Å². The molecular weight excluding hydrogens is 309 g/mol. The van der Waals surface area contributed by atoms with Gasteiger partial charge in [-0.1, -0.05) is 5.16 Å². The van der Waals surface area contributed by atoms with Gasteiger partial charge in [0, 0.05) is 36.8 Å². The Morgan fingerprint density at radius 1 is 1.25 bits per heavy atom. The van der Waals surface area contributed by atoms with Gasteiger partial charge in [0.25, 0.3) is 5.91 Å². The highest BCUT2D eigenvalue weighted by atomic mass is 19.1. The van der Waals surface area contributed by atoms with Gasteiger partial charge in [0.2, 0.25) is 0 Å². The number of likely N-dealkylation sites (tertiary alicyclic amines) is 1. The average molecular weight is 329 g/mol. The van der Waals surface area contributed by atoms with E-state index in [4.69, 9.17) is 4.52 Å². The van der Waals surface area contributed by atoms with Crippen LogP contribution in [0.5, 0.6) is 0 Å². The van der Waals surface area contributed by atoms with E-state index in [-0.39, 0.29) is 17.8 Å². The fourth-order valence-electron chi connectivity index (χ4n) is 3.17. The molecule has 2 aromatic rings. The van der Waals surface area contributed by atoms with Crippen molar-refractivity contribution < 1.29 is 13.7 Å². The van der Waals surface area contributed by atoms with Gasteiger partial charge in [0.1, 0.15) is 11.6 Å². The highest BCUT2D eigenvalue weighted by Crippen LogP contribution is 2.40. The summed E-state index contributed by atoms with van der Waals surface area (Å²) in [6.07, 6.45) is 4.15. The maximum Gasteiger partial charge on any atom is 0.276 e. The van der Waals surface area contributed by atoms with Crippen LogP contribution >= 0.6 is 0 Å². The van der Waals surface area contributed by atoms with Crippen molar-refractivity contribution in [1.29, 1.82) is 0 Å². The molecule has 0 unspecified atom stereocenters. The molecule has 4 rings (SSSR count). The lowest BCUT2D eigenvalue weighted by Gasteiger charge is -2.33. The third kappa shape index (κ3) is 3.27. The van der Waals surface area contributed by atoms with E-state index >= 15 is 0 Å². The summed E-state index contributed by atoms with van der Waals surface area (Å²) in [6, 6.07) is 8.25. The molecule has 0 bridgehead atoms. The summed E-state index contributed by atoms with van der Waals surface area (Å²) in [6.45, 7) is 1.34. The molecule has 2 aliphatic rings. The molecule has 1 saturated carbocycles. The molecular formula is C18H20FN3O2. The van der Waals surface area contributed by atoms with Crippen molar-refractivity contribution in [3.8, 4) is 0 Å². The smallest absolute Gasteiger partial charge is 0.276 e. The molecule has 1 aliphatic carbocycles. The van der Waals surface area contributed by atoms with Gasteiger partial charge in [-0.2, -0.15) is 0 Å². The Hall–Kier alpha value is -2.37. The largest absolute Gasteiger partial charge is 0.381 e. The average Bonchev–Trinajstić information content (AvgIpc) is 3.34. The zero-order valence-electron chi connectivity index (χ0n) is 13.4. The number of carbonyl (C=O) groups is 1. The van der Waals surface area contributed by atoms with Gasteiger partial charge >= 0.3 is 0 Å². The molecule has 5 nitrogen and oxygen atoms in total. The Morgan fingerprint density at radius 2 is 2.04 bits per heavy atom. The first-order chi connectivity index (χ1) is 11.7. The molecule has 1 N–H and O–H groups in total. The number of rotatable bonds is 4. The third-order valence-corrected chi connectivity index (χ3v) is 4.65. The van der Waals surface area contributed by atoms with Crippen molar-refractivity contribution in [2.24, 2.45) is 0 Å². The molecule has 2 fully saturated rings. The monoisotopic (exact) mass is 329 g/mol. The van der Waals surface area contributed by atoms with Gasteiger partial charge < -0.3 is 14.7 Å². The summed E-state index contributed by atoms with van der Waals surface area (Å²) >= 11 is 0. The molecule has 0 radical (unpaired) electrons. The predicted octanol–water partition coefficient (Wildman–Crippen LogP) is 3.41. The fourth-order valence-corrected chi connectivity index (χ4v) is 3.17. The summed E-state index contributed by atoms with van der Waals surface area (Å²) in [5, 5.41) is 7.32. The number of nitrogens with zero attached hydrogens (tertiary/aromatic N) is 2. The molecule has 0 spiro atoms. The first-order valence-electron chi connectivity index (χ1n) is 8.47. The molecule has 1 atom stereocenters. The Morgan fingerprint density at radius 3 is 2.79 bits per heavy atom. The summed E-state index contributed by atoms with van der Waals surface area (Å²) in [5.41, 5.74) is 1.27. The quantitative estimate of drug-likeness (QED) is 0.934. The molecule has 24 heavy (non-hydrogen) atoms. The summed E-state index contributed by atoms with van der Waals surface area (Å²) in [7, 11) is 0. The van der Waals surface area contributed by atoms with E-state index in [1.807, 2.05) is 4.90 Å². The van der Waals surface area contributed by atoms with Crippen molar-refractivity contribution >= 4 is 11.6 Å². The number of aromatic nitrogens is 1. The highest BCUT2D eigenvalue weighted by molar-refractivity contribution is 5.92. The Balaban J connectivity index is 1.39. The Kier molecular flexibility index (Phi) is 3.96. The lowest BCUT2D eigenvalue weighted by molar-refractivity contribution is 0.0704. The van der Waals surface area contributed by atoms with Crippen LogP contribution in [0.1, 0.15) is 47.8 Å². The third-order valence-electron chi connectivity index (χ3n) is 4.65. The molecule has 1 aliphatic heterocycles. The summed E-state index contributed by atoms with van der Waals surface area (Å²) < 4.78 is 18.3. The number of halogens is 1. The van der Waals surface area contributed by atoms with Crippen LogP contribution in [0.4, 0.5) is 10.1 Å². The standard InChI is InChI=1S/C18H20FN3O2/c19-13-5-7-14(8-6-13)20-15-2-1-9-22(11-15)18(23)16-10-17(24-21-16)12-3-4-12/h5-8,10,12,15,20H,1-4,9,11H2/t15-/m1/s1. The van der Waals surface area contributed by atoms with E-state index < -0.39 is 0 Å². The molecule has 1 aromatic heterocycles. The van der Waals surface area contributed by atoms with Gasteiger partial charge in [0.15, 0.2) is 5.69 Å². The number of carbonyl (C=O) groups excluding carboxylic acids is 1. The second kappa shape index (κ2) is 6.26. The minimum absolute atomic E-state index is 0.0729. The van der Waals surface area contributed by atoms with E-state index in [1.54, 1.807) is 18.2 Å². The van der Waals surface area contributed by atoms with E-state index in [1.165, 1.54) is 12.1 Å². The summed E-state index contributed by atoms with van der Waals surface area (Å²) in [4.78, 5) is 14.4. The number of benzene rings is 1. The first kappa shape index (κ1) is 15.2. The molecule has 2 heterocycles. The molecule has 6 heteroatoms. The minimum Gasteiger partial charge on any atom is -0.381 e. The first-order valence-corrected chi connectivity index (χ1v) is 8.47. The predicted molar refractivity (Wildman–Crippen MR) is 87.4 cm³/mol. The van der Waals surface area contributed by atoms with Crippen molar-refractivity contribution in [3.05, 3.63) is 47.6 Å². The van der Waals surface area contributed by atoms with E-state index in [2.05, 4.69) is 10.5 Å². The molecule has 1 amide bonds. The lowest BCUT2D eigenvalue weighted by Crippen LogP contribution is -2.45. The number of hydrogen-bond acceptors (Lipinski definition) is 4. The van der Waals surface area contributed by atoms with Crippen LogP contribution in [-0.2, 0) is 0 Å². The number of anilines is 1. The van der Waals surface area contributed by atoms with Gasteiger partial charge in [-0.05, 0) is 49.9 Å². The summed E-state index contributed by atoms with van der Waals surface area (Å²) in [5.74, 6) is 0.958. The van der Waals surface area contributed by atoms with Gasteiger partial charge in [0.05, 0.1) is 0 Å². The van der Waals surface area contributed by atoms with E-state index in [9.17, 15) is 9.18 Å². The van der Waals surface area contributed by atoms with Crippen LogP contribution < -0.4 is 5.32 Å². The maximum absolute atomic E-state index is 13.0. The molecule has 126 valence electrons. The van der Waals surface area contributed by atoms with Gasteiger partial charge in [-0.3, -0.25) is 4.79 Å². The Labute approximate surface area is 139 Å². The van der Waals surface area contributed by atoms with Crippen LogP contribution in [0.25, 0.3) is 0 Å². The van der Waals surface area contributed by atoms with Crippen LogP contribution in [0.2, 0.25) is 0 Å². The van der Waals surface area contributed by atoms with Crippen molar-refractivity contribution in [3.63, 3.8) is 0 Å². The second-order valence-electron chi connectivity index (χ2n) is 6.63. The number of piperidine rings is 1. The second-order valence-corrected chi connectivity index (χ2v) is 6.63. The van der Waals surface area contributed by atoms with Crippen LogP contribution in [-0.4, -0.2) is 35.1 Å². The minimum atomic E-state index is -0.251. The van der Waals surface area contributed by atoms with Crippen LogP contribution in [0, 0.1) is 5.82 Å². The van der Waals surface area contributed by atoms with Crippen LogP contribution in [0.3, 0.4) is 0 Å². The van der Waals surface area contributed by atoms with Gasteiger partial charge in [-0.15, -0.1) is 0 Å². The lowest BCUT2D eigenvalue weighted by atomic mass is 10.0. The van der Waals surface area contributed by atoms with Crippen molar-refractivity contribution in [2.45, 2.75) is 37.6 Å². The molecule has 1 aromatic carbocycles. The zero-order valence-corrected chi connectivity index (χ0v) is 13.4. The van der Waals surface area contributed by atoms with Crippen molar-refractivity contribution in [1.82, 2.24) is 10.1 Å². The fraction of sp³-hybridized carbons (Fsp3) is 0.444.